The van der Waals surface area contributed by atoms with E-state index in [0.29, 0.717) is 5.82 Å². The molecule has 0 saturated heterocycles. The number of hydrazone groups is 1. The number of hydrogen-bond donors (Lipinski definition) is 0. The molecule has 0 aromatic carbocycles. The first-order valence-corrected chi connectivity index (χ1v) is 5.33. The van der Waals surface area contributed by atoms with E-state index in [2.05, 4.69) is 15.3 Å². The summed E-state index contributed by atoms with van der Waals surface area (Å²) in [5.41, 5.74) is 1.66. The summed E-state index contributed by atoms with van der Waals surface area (Å²) in [6.45, 7) is 5.70. The molecule has 1 aliphatic heterocycles. The minimum absolute atomic E-state index is 0.0156. The van der Waals surface area contributed by atoms with Gasteiger partial charge in [-0.3, -0.25) is 4.79 Å². The summed E-state index contributed by atoms with van der Waals surface area (Å²) in [6.07, 6.45) is 0.768. The maximum atomic E-state index is 12.0. The quantitative estimate of drug-likeness (QED) is 0.756. The number of rotatable bonds is 2. The Hall–Kier alpha value is -1.78. The summed E-state index contributed by atoms with van der Waals surface area (Å²) in [6, 6.07) is 3.58. The van der Waals surface area contributed by atoms with Crippen LogP contribution < -0.4 is 5.01 Å². The molecule has 0 N–H and O–H groups in total. The van der Waals surface area contributed by atoms with Gasteiger partial charge in [0.25, 0.3) is 5.91 Å². The average Bonchev–Trinajstić information content (AvgIpc) is 2.55. The predicted molar refractivity (Wildman–Crippen MR) is 61.1 cm³/mol. The van der Waals surface area contributed by atoms with Gasteiger partial charge in [0.05, 0.1) is 11.6 Å². The zero-order valence-electron chi connectivity index (χ0n) is 9.64. The third-order valence-electron chi connectivity index (χ3n) is 2.68. The van der Waals surface area contributed by atoms with Gasteiger partial charge in [0, 0.05) is 5.71 Å². The summed E-state index contributed by atoms with van der Waals surface area (Å²) >= 11 is 0. The van der Waals surface area contributed by atoms with E-state index >= 15 is 0 Å². The number of carbonyl (C=O) groups excluding carboxylic acids is 1. The molecule has 16 heavy (non-hydrogen) atoms. The lowest BCUT2D eigenvalue weighted by molar-refractivity contribution is -0.119. The number of nitrogens with zero attached hydrogens (tertiary/aromatic N) is 4. The fourth-order valence-electron chi connectivity index (χ4n) is 1.74. The van der Waals surface area contributed by atoms with Gasteiger partial charge in [-0.15, -0.1) is 5.10 Å². The molecule has 0 spiro atoms. The molecular formula is C11H14N4O. The summed E-state index contributed by atoms with van der Waals surface area (Å²) < 4.78 is 0. The molecule has 2 heterocycles. The van der Waals surface area contributed by atoms with Gasteiger partial charge < -0.3 is 0 Å². The topological polar surface area (TPSA) is 58.5 Å². The van der Waals surface area contributed by atoms with Crippen LogP contribution in [0, 0.1) is 12.8 Å². The molecule has 5 nitrogen and oxygen atoms in total. The molecule has 1 unspecified atom stereocenters. The van der Waals surface area contributed by atoms with Crippen molar-refractivity contribution in [1.29, 1.82) is 0 Å². The smallest absolute Gasteiger partial charge is 0.257 e. The molecule has 5 heteroatoms. The molecule has 1 aliphatic rings. The van der Waals surface area contributed by atoms with Gasteiger partial charge in [-0.05, 0) is 32.4 Å². The lowest BCUT2D eigenvalue weighted by atomic mass is 10.0. The molecule has 84 valence electrons. The standard InChI is InChI=1S/C11H14N4O/c1-4-9-8(3)14-15(11(9)16)10-6-5-7(2)12-13-10/h5-6,9H,4H2,1-3H3. The molecule has 1 aromatic heterocycles. The monoisotopic (exact) mass is 218 g/mol. The van der Waals surface area contributed by atoms with Crippen molar-refractivity contribution in [2.75, 3.05) is 5.01 Å². The van der Waals surface area contributed by atoms with Crippen molar-refractivity contribution in [1.82, 2.24) is 10.2 Å². The van der Waals surface area contributed by atoms with Crippen LogP contribution in [-0.2, 0) is 4.79 Å². The molecule has 0 fully saturated rings. The highest BCUT2D eigenvalue weighted by Gasteiger charge is 2.33. The molecule has 0 bridgehead atoms. The third-order valence-corrected chi connectivity index (χ3v) is 2.68. The van der Waals surface area contributed by atoms with Crippen LogP contribution in [0.1, 0.15) is 26.0 Å². The second kappa shape index (κ2) is 4.00. The van der Waals surface area contributed by atoms with Gasteiger partial charge in [0.2, 0.25) is 0 Å². The Morgan fingerprint density at radius 2 is 2.06 bits per heavy atom. The van der Waals surface area contributed by atoms with Crippen molar-refractivity contribution >= 4 is 17.4 Å². The first-order valence-electron chi connectivity index (χ1n) is 5.33. The van der Waals surface area contributed by atoms with Crippen molar-refractivity contribution in [3.63, 3.8) is 0 Å². The highest BCUT2D eigenvalue weighted by Crippen LogP contribution is 2.23. The average molecular weight is 218 g/mol. The maximum absolute atomic E-state index is 12.0. The number of amides is 1. The third kappa shape index (κ3) is 1.68. The Morgan fingerprint density at radius 3 is 2.56 bits per heavy atom. The van der Waals surface area contributed by atoms with Crippen molar-refractivity contribution in [2.24, 2.45) is 11.0 Å². The fraction of sp³-hybridized carbons (Fsp3) is 0.455. The Balaban J connectivity index is 2.30. The zero-order valence-corrected chi connectivity index (χ0v) is 9.64. The van der Waals surface area contributed by atoms with Gasteiger partial charge in [-0.1, -0.05) is 6.92 Å². The number of carbonyl (C=O) groups is 1. The fourth-order valence-corrected chi connectivity index (χ4v) is 1.74. The van der Waals surface area contributed by atoms with E-state index in [1.54, 1.807) is 6.07 Å². The van der Waals surface area contributed by atoms with Gasteiger partial charge >= 0.3 is 0 Å². The van der Waals surface area contributed by atoms with E-state index in [0.717, 1.165) is 17.8 Å². The number of aryl methyl sites for hydroxylation is 1. The highest BCUT2D eigenvalue weighted by molar-refractivity contribution is 6.14. The summed E-state index contributed by atoms with van der Waals surface area (Å²) in [7, 11) is 0. The van der Waals surface area contributed by atoms with Crippen LogP contribution in [0.25, 0.3) is 0 Å². The minimum Gasteiger partial charge on any atom is -0.272 e. The van der Waals surface area contributed by atoms with Crippen LogP contribution in [0.3, 0.4) is 0 Å². The van der Waals surface area contributed by atoms with Crippen molar-refractivity contribution in [3.8, 4) is 0 Å². The molecule has 0 aliphatic carbocycles. The van der Waals surface area contributed by atoms with Crippen LogP contribution in [0.4, 0.5) is 5.82 Å². The lowest BCUT2D eigenvalue weighted by Gasteiger charge is -2.11. The Kier molecular flexibility index (Phi) is 2.68. The first-order chi connectivity index (χ1) is 7.63. The van der Waals surface area contributed by atoms with Crippen molar-refractivity contribution in [2.45, 2.75) is 27.2 Å². The summed E-state index contributed by atoms with van der Waals surface area (Å²) in [4.78, 5) is 12.0. The zero-order chi connectivity index (χ0) is 11.7. The Morgan fingerprint density at radius 1 is 1.31 bits per heavy atom. The van der Waals surface area contributed by atoms with Crippen LogP contribution in [0.15, 0.2) is 17.2 Å². The highest BCUT2D eigenvalue weighted by atomic mass is 16.2. The van der Waals surface area contributed by atoms with Crippen LogP contribution in [0.5, 0.6) is 0 Å². The number of hydrogen-bond acceptors (Lipinski definition) is 4. The van der Waals surface area contributed by atoms with E-state index < -0.39 is 0 Å². The first kappa shape index (κ1) is 10.7. The number of aromatic nitrogens is 2. The Bertz CT molecular complexity index is 438. The molecule has 0 radical (unpaired) electrons. The lowest BCUT2D eigenvalue weighted by Crippen LogP contribution is -2.27. The van der Waals surface area contributed by atoms with Gasteiger partial charge in [-0.25, -0.2) is 0 Å². The van der Waals surface area contributed by atoms with Gasteiger partial charge in [-0.2, -0.15) is 15.2 Å². The Labute approximate surface area is 94.2 Å². The molecule has 1 aromatic rings. The van der Waals surface area contributed by atoms with Gasteiger partial charge in [0.1, 0.15) is 0 Å². The normalized spacial score (nSPS) is 20.2. The maximum Gasteiger partial charge on any atom is 0.257 e. The van der Waals surface area contributed by atoms with Crippen molar-refractivity contribution < 1.29 is 4.79 Å². The molecule has 0 saturated carbocycles. The predicted octanol–water partition coefficient (Wildman–Crippen LogP) is 1.53. The SMILES string of the molecule is CCC1C(=O)N(c2ccc(C)nn2)N=C1C. The summed E-state index contributed by atoms with van der Waals surface area (Å²) in [5.74, 6) is 0.368. The molecule has 2 rings (SSSR count). The number of anilines is 1. The van der Waals surface area contributed by atoms with E-state index in [1.807, 2.05) is 26.8 Å². The van der Waals surface area contributed by atoms with Crippen LogP contribution in [-0.4, -0.2) is 21.8 Å². The van der Waals surface area contributed by atoms with Crippen LogP contribution in [0.2, 0.25) is 0 Å². The second-order valence-electron chi connectivity index (χ2n) is 3.89. The van der Waals surface area contributed by atoms with E-state index in [9.17, 15) is 4.79 Å². The molecule has 1 atom stereocenters. The van der Waals surface area contributed by atoms with Crippen molar-refractivity contribution in [3.05, 3.63) is 17.8 Å². The summed E-state index contributed by atoms with van der Waals surface area (Å²) in [5, 5.41) is 13.4. The largest absolute Gasteiger partial charge is 0.272 e. The van der Waals surface area contributed by atoms with E-state index in [1.165, 1.54) is 5.01 Å². The second-order valence-corrected chi connectivity index (χ2v) is 3.89. The van der Waals surface area contributed by atoms with E-state index in [-0.39, 0.29) is 11.8 Å². The minimum atomic E-state index is -0.108. The molecular weight excluding hydrogens is 204 g/mol. The van der Waals surface area contributed by atoms with Gasteiger partial charge in [0.15, 0.2) is 5.82 Å². The van der Waals surface area contributed by atoms with E-state index in [4.69, 9.17) is 0 Å². The molecule has 1 amide bonds. The van der Waals surface area contributed by atoms with Crippen LogP contribution >= 0.6 is 0 Å².